The zero-order valence-corrected chi connectivity index (χ0v) is 13.6. The van der Waals surface area contributed by atoms with Gasteiger partial charge in [-0.05, 0) is 32.6 Å². The van der Waals surface area contributed by atoms with Crippen molar-refractivity contribution in [2.45, 2.75) is 38.5 Å². The first-order chi connectivity index (χ1) is 11.0. The highest BCUT2D eigenvalue weighted by molar-refractivity contribution is 5.50. The lowest BCUT2D eigenvalue weighted by Crippen LogP contribution is -2.51. The normalized spacial score (nSPS) is 19.7. The predicted molar refractivity (Wildman–Crippen MR) is 84.1 cm³/mol. The number of rotatable bonds is 4. The van der Waals surface area contributed by atoms with E-state index in [9.17, 15) is 8.78 Å². The largest absolute Gasteiger partial charge is 0.390 e. The Bertz CT molecular complexity index is 559. The molecule has 0 unspecified atom stereocenters. The minimum Gasteiger partial charge on any atom is -0.390 e. The molecule has 2 heterocycles. The van der Waals surface area contributed by atoms with Gasteiger partial charge in [0, 0.05) is 37.4 Å². The number of nitrogens with zero attached hydrogens (tertiary/aromatic N) is 4. The summed E-state index contributed by atoms with van der Waals surface area (Å²) < 4.78 is 26.6. The number of aliphatic hydroxyl groups excluding tert-OH is 1. The molecule has 1 N–H and O–H groups in total. The van der Waals surface area contributed by atoms with E-state index in [1.54, 1.807) is 4.90 Å². The Labute approximate surface area is 135 Å². The van der Waals surface area contributed by atoms with Crippen molar-refractivity contribution in [1.82, 2.24) is 14.9 Å². The molecule has 128 valence electrons. The number of fused-ring (bicyclic) bond motifs is 1. The van der Waals surface area contributed by atoms with Gasteiger partial charge in [0.15, 0.2) is 0 Å². The first kappa shape index (κ1) is 16.5. The third-order valence-electron chi connectivity index (χ3n) is 4.63. The average molecular weight is 326 g/mol. The fraction of sp³-hybridized carbons (Fsp3) is 0.750. The van der Waals surface area contributed by atoms with Crippen LogP contribution in [-0.2, 0) is 12.8 Å². The third kappa shape index (κ3) is 3.77. The highest BCUT2D eigenvalue weighted by Crippen LogP contribution is 2.29. The molecule has 0 bridgehead atoms. The molecule has 1 aliphatic heterocycles. The molecular weight excluding hydrogens is 302 g/mol. The Hall–Kier alpha value is -1.34. The van der Waals surface area contributed by atoms with E-state index in [1.165, 1.54) is 12.0 Å². The van der Waals surface area contributed by atoms with E-state index in [1.807, 2.05) is 6.92 Å². The monoisotopic (exact) mass is 326 g/mol. The fourth-order valence-electron chi connectivity index (χ4n) is 3.45. The SMILES string of the molecule is Cc1nc2c(c(N3CCN(CC(F)(F)CO)CC3)n1)CCCC2. The Kier molecular flexibility index (Phi) is 4.77. The molecule has 1 saturated heterocycles. The van der Waals surface area contributed by atoms with Crippen LogP contribution in [-0.4, -0.2) is 65.2 Å². The van der Waals surface area contributed by atoms with Gasteiger partial charge in [-0.25, -0.2) is 18.7 Å². The molecular formula is C16H24F2N4O. The van der Waals surface area contributed by atoms with Gasteiger partial charge >= 0.3 is 0 Å². The van der Waals surface area contributed by atoms with Gasteiger partial charge in [0.05, 0.1) is 6.54 Å². The smallest absolute Gasteiger partial charge is 0.283 e. The second-order valence-electron chi connectivity index (χ2n) is 6.50. The number of piperazine rings is 1. The average Bonchev–Trinajstić information content (AvgIpc) is 2.54. The molecule has 1 aromatic rings. The summed E-state index contributed by atoms with van der Waals surface area (Å²) in [7, 11) is 0. The molecule has 0 aromatic carbocycles. The van der Waals surface area contributed by atoms with Gasteiger partial charge in [0.1, 0.15) is 18.2 Å². The summed E-state index contributed by atoms with van der Waals surface area (Å²) in [6.07, 6.45) is 4.35. The van der Waals surface area contributed by atoms with Gasteiger partial charge in [-0.3, -0.25) is 4.90 Å². The molecule has 0 spiro atoms. The lowest BCUT2D eigenvalue weighted by molar-refractivity contribution is -0.0733. The van der Waals surface area contributed by atoms with Crippen molar-refractivity contribution >= 4 is 5.82 Å². The summed E-state index contributed by atoms with van der Waals surface area (Å²) >= 11 is 0. The summed E-state index contributed by atoms with van der Waals surface area (Å²) in [5, 5.41) is 8.71. The van der Waals surface area contributed by atoms with Crippen LogP contribution >= 0.6 is 0 Å². The third-order valence-corrected chi connectivity index (χ3v) is 4.63. The Morgan fingerprint density at radius 3 is 2.48 bits per heavy atom. The highest BCUT2D eigenvalue weighted by Gasteiger charge is 2.33. The summed E-state index contributed by atoms with van der Waals surface area (Å²) in [6.45, 7) is 2.94. The summed E-state index contributed by atoms with van der Waals surface area (Å²) in [5.41, 5.74) is 2.41. The molecule has 0 amide bonds. The predicted octanol–water partition coefficient (Wildman–Crippen LogP) is 1.41. The molecule has 5 nitrogen and oxygen atoms in total. The Morgan fingerprint density at radius 2 is 1.78 bits per heavy atom. The topological polar surface area (TPSA) is 52.5 Å². The molecule has 1 aliphatic carbocycles. The van der Waals surface area contributed by atoms with Crippen molar-refractivity contribution in [3.63, 3.8) is 0 Å². The molecule has 1 fully saturated rings. The minimum atomic E-state index is -3.02. The molecule has 23 heavy (non-hydrogen) atoms. The van der Waals surface area contributed by atoms with Gasteiger partial charge in [0.2, 0.25) is 0 Å². The first-order valence-electron chi connectivity index (χ1n) is 8.31. The number of aromatic nitrogens is 2. The lowest BCUT2D eigenvalue weighted by atomic mass is 9.96. The van der Waals surface area contributed by atoms with E-state index in [0.29, 0.717) is 26.2 Å². The first-order valence-corrected chi connectivity index (χ1v) is 8.31. The van der Waals surface area contributed by atoms with Crippen molar-refractivity contribution in [2.75, 3.05) is 44.2 Å². The van der Waals surface area contributed by atoms with Crippen molar-refractivity contribution in [1.29, 1.82) is 0 Å². The molecule has 0 radical (unpaired) electrons. The molecule has 7 heteroatoms. The van der Waals surface area contributed by atoms with Crippen LogP contribution in [0, 0.1) is 6.92 Å². The van der Waals surface area contributed by atoms with Gasteiger partial charge in [-0.1, -0.05) is 0 Å². The summed E-state index contributed by atoms with van der Waals surface area (Å²) in [5.74, 6) is -1.23. The minimum absolute atomic E-state index is 0.377. The van der Waals surface area contributed by atoms with Crippen LogP contribution < -0.4 is 4.90 Å². The van der Waals surface area contributed by atoms with E-state index in [-0.39, 0.29) is 6.54 Å². The Balaban J connectivity index is 1.70. The molecule has 0 atom stereocenters. The van der Waals surface area contributed by atoms with Gasteiger partial charge in [-0.2, -0.15) is 0 Å². The molecule has 3 rings (SSSR count). The van der Waals surface area contributed by atoms with Crippen LogP contribution in [0.3, 0.4) is 0 Å². The summed E-state index contributed by atoms with van der Waals surface area (Å²) in [4.78, 5) is 13.1. The molecule has 0 saturated carbocycles. The van der Waals surface area contributed by atoms with Crippen molar-refractivity contribution in [3.05, 3.63) is 17.1 Å². The second kappa shape index (κ2) is 6.65. The van der Waals surface area contributed by atoms with Crippen LogP contribution in [0.2, 0.25) is 0 Å². The number of halogens is 2. The second-order valence-corrected chi connectivity index (χ2v) is 6.50. The van der Waals surface area contributed by atoms with E-state index in [0.717, 1.165) is 36.6 Å². The maximum Gasteiger partial charge on any atom is 0.283 e. The van der Waals surface area contributed by atoms with E-state index in [4.69, 9.17) is 5.11 Å². The van der Waals surface area contributed by atoms with Gasteiger partial charge in [-0.15, -0.1) is 0 Å². The number of hydrogen-bond acceptors (Lipinski definition) is 5. The van der Waals surface area contributed by atoms with Gasteiger partial charge in [0.25, 0.3) is 5.92 Å². The number of anilines is 1. The lowest BCUT2D eigenvalue weighted by Gasteiger charge is -2.38. The molecule has 1 aromatic heterocycles. The van der Waals surface area contributed by atoms with Crippen LogP contribution in [0.5, 0.6) is 0 Å². The zero-order chi connectivity index (χ0) is 16.4. The zero-order valence-electron chi connectivity index (χ0n) is 13.6. The van der Waals surface area contributed by atoms with Crippen molar-refractivity contribution in [2.24, 2.45) is 0 Å². The van der Waals surface area contributed by atoms with E-state index in [2.05, 4.69) is 14.9 Å². The van der Waals surface area contributed by atoms with Crippen molar-refractivity contribution in [3.8, 4) is 0 Å². The van der Waals surface area contributed by atoms with Crippen LogP contribution in [0.4, 0.5) is 14.6 Å². The number of aliphatic hydroxyl groups is 1. The van der Waals surface area contributed by atoms with Crippen LogP contribution in [0.15, 0.2) is 0 Å². The maximum atomic E-state index is 13.3. The number of alkyl halides is 2. The van der Waals surface area contributed by atoms with Crippen molar-refractivity contribution < 1.29 is 13.9 Å². The van der Waals surface area contributed by atoms with Crippen LogP contribution in [0.25, 0.3) is 0 Å². The number of aryl methyl sites for hydroxylation is 2. The maximum absolute atomic E-state index is 13.3. The quantitative estimate of drug-likeness (QED) is 0.907. The number of hydrogen-bond donors (Lipinski definition) is 1. The van der Waals surface area contributed by atoms with E-state index >= 15 is 0 Å². The van der Waals surface area contributed by atoms with Gasteiger partial charge < -0.3 is 10.0 Å². The highest BCUT2D eigenvalue weighted by atomic mass is 19.3. The van der Waals surface area contributed by atoms with Crippen LogP contribution in [0.1, 0.15) is 29.9 Å². The standard InChI is InChI=1S/C16H24F2N4O/c1-12-19-14-5-3-2-4-13(14)15(20-12)22-8-6-21(7-9-22)10-16(17,18)11-23/h23H,2-11H2,1H3. The Morgan fingerprint density at radius 1 is 1.09 bits per heavy atom. The fourth-order valence-corrected chi connectivity index (χ4v) is 3.45. The summed E-state index contributed by atoms with van der Waals surface area (Å²) in [6, 6.07) is 0. The van der Waals surface area contributed by atoms with E-state index < -0.39 is 12.5 Å². The molecule has 2 aliphatic rings.